The summed E-state index contributed by atoms with van der Waals surface area (Å²) in [6.45, 7) is 3.18. The summed E-state index contributed by atoms with van der Waals surface area (Å²) in [5, 5.41) is 0. The maximum absolute atomic E-state index is 5.67. The van der Waals surface area contributed by atoms with Gasteiger partial charge in [-0.2, -0.15) is 0 Å². The molecule has 1 aromatic carbocycles. The fraction of sp³-hybridized carbons (Fsp3) is 0.538. The van der Waals surface area contributed by atoms with Crippen molar-refractivity contribution >= 4 is 0 Å². The molecule has 1 unspecified atom stereocenters. The average Bonchev–Trinajstić information content (AvgIpc) is 3.00. The third-order valence-electron chi connectivity index (χ3n) is 3.75. The van der Waals surface area contributed by atoms with Crippen LogP contribution in [-0.4, -0.2) is 6.54 Å². The predicted octanol–water partition coefficient (Wildman–Crippen LogP) is 2.92. The van der Waals surface area contributed by atoms with Crippen molar-refractivity contribution in [3.05, 3.63) is 35.9 Å². The Bertz CT molecular complexity index is 287. The van der Waals surface area contributed by atoms with E-state index in [1.165, 1.54) is 24.8 Å². The van der Waals surface area contributed by atoms with E-state index in [9.17, 15) is 0 Å². The zero-order valence-corrected chi connectivity index (χ0v) is 8.87. The van der Waals surface area contributed by atoms with Crippen molar-refractivity contribution in [2.75, 3.05) is 6.54 Å². The second kappa shape index (κ2) is 3.74. The van der Waals surface area contributed by atoms with E-state index in [0.717, 1.165) is 6.54 Å². The molecule has 0 spiro atoms. The van der Waals surface area contributed by atoms with Gasteiger partial charge in [0.05, 0.1) is 0 Å². The largest absolute Gasteiger partial charge is 0.330 e. The first kappa shape index (κ1) is 9.72. The van der Waals surface area contributed by atoms with Gasteiger partial charge in [0.1, 0.15) is 0 Å². The molecule has 0 aliphatic heterocycles. The molecule has 1 fully saturated rings. The molecule has 1 aliphatic carbocycles. The van der Waals surface area contributed by atoms with E-state index < -0.39 is 0 Å². The molecule has 1 aliphatic rings. The molecule has 2 rings (SSSR count). The first-order chi connectivity index (χ1) is 6.78. The van der Waals surface area contributed by atoms with E-state index in [1.54, 1.807) is 0 Å². The molecule has 1 saturated carbocycles. The second-order valence-electron chi connectivity index (χ2n) is 4.53. The summed E-state index contributed by atoms with van der Waals surface area (Å²) in [6, 6.07) is 10.8. The van der Waals surface area contributed by atoms with Crippen LogP contribution < -0.4 is 5.73 Å². The minimum Gasteiger partial charge on any atom is -0.330 e. The van der Waals surface area contributed by atoms with Crippen LogP contribution in [-0.2, 0) is 0 Å². The highest BCUT2D eigenvalue weighted by atomic mass is 14.6. The normalized spacial score (nSPS) is 20.4. The highest BCUT2D eigenvalue weighted by Crippen LogP contribution is 2.58. The van der Waals surface area contributed by atoms with Gasteiger partial charge in [-0.15, -0.1) is 0 Å². The third-order valence-corrected chi connectivity index (χ3v) is 3.75. The lowest BCUT2D eigenvalue weighted by atomic mass is 9.82. The first-order valence-corrected chi connectivity index (χ1v) is 5.53. The number of nitrogens with two attached hydrogens (primary N) is 1. The Hall–Kier alpha value is -0.820. The van der Waals surface area contributed by atoms with Crippen LogP contribution in [0.4, 0.5) is 0 Å². The van der Waals surface area contributed by atoms with Gasteiger partial charge in [-0.3, -0.25) is 0 Å². The molecule has 1 nitrogen and oxygen atoms in total. The Labute approximate surface area is 86.3 Å². The van der Waals surface area contributed by atoms with Gasteiger partial charge in [-0.1, -0.05) is 37.3 Å². The second-order valence-corrected chi connectivity index (χ2v) is 4.53. The maximum Gasteiger partial charge on any atom is -0.00718 e. The smallest absolute Gasteiger partial charge is 0.00718 e. The number of benzene rings is 1. The van der Waals surface area contributed by atoms with Gasteiger partial charge in [0, 0.05) is 0 Å². The minimum atomic E-state index is 0.538. The summed E-state index contributed by atoms with van der Waals surface area (Å²) < 4.78 is 0. The molecule has 0 saturated heterocycles. The highest BCUT2D eigenvalue weighted by molar-refractivity contribution is 5.23. The van der Waals surface area contributed by atoms with Crippen LogP contribution in [0.25, 0.3) is 0 Å². The average molecular weight is 189 g/mol. The number of rotatable bonds is 4. The molecule has 0 amide bonds. The summed E-state index contributed by atoms with van der Waals surface area (Å²) in [5.74, 6) is 0.673. The lowest BCUT2D eigenvalue weighted by Gasteiger charge is -2.23. The fourth-order valence-electron chi connectivity index (χ4n) is 2.44. The summed E-state index contributed by atoms with van der Waals surface area (Å²) >= 11 is 0. The summed E-state index contributed by atoms with van der Waals surface area (Å²) in [4.78, 5) is 0. The Morgan fingerprint density at radius 1 is 1.29 bits per heavy atom. The molecule has 76 valence electrons. The van der Waals surface area contributed by atoms with Crippen molar-refractivity contribution in [1.82, 2.24) is 0 Å². The van der Waals surface area contributed by atoms with Crippen molar-refractivity contribution in [3.8, 4) is 0 Å². The minimum absolute atomic E-state index is 0.538. The molecule has 0 radical (unpaired) electrons. The molecular formula is C13H19N. The molecule has 14 heavy (non-hydrogen) atoms. The highest BCUT2D eigenvalue weighted by Gasteiger charge is 2.46. The topological polar surface area (TPSA) is 26.0 Å². The molecule has 0 bridgehead atoms. The quantitative estimate of drug-likeness (QED) is 0.774. The molecule has 0 aromatic heterocycles. The van der Waals surface area contributed by atoms with Crippen molar-refractivity contribution in [2.24, 2.45) is 11.1 Å². The molecule has 2 N–H and O–H groups in total. The zero-order chi connectivity index (χ0) is 10.0. The maximum atomic E-state index is 5.67. The summed E-state index contributed by atoms with van der Waals surface area (Å²) in [7, 11) is 0. The molecular weight excluding hydrogens is 170 g/mol. The van der Waals surface area contributed by atoms with Crippen LogP contribution in [0.5, 0.6) is 0 Å². The first-order valence-electron chi connectivity index (χ1n) is 5.53. The Balaban J connectivity index is 2.12. The van der Waals surface area contributed by atoms with Crippen LogP contribution in [0.1, 0.15) is 37.7 Å². The number of hydrogen-bond donors (Lipinski definition) is 1. The van der Waals surface area contributed by atoms with Gasteiger partial charge < -0.3 is 5.73 Å². The SMILES string of the molecule is CC(c1ccccc1)C1(CCN)CC1. The van der Waals surface area contributed by atoms with Crippen LogP contribution in [0.15, 0.2) is 30.3 Å². The number of hydrogen-bond acceptors (Lipinski definition) is 1. The van der Waals surface area contributed by atoms with Gasteiger partial charge in [0.2, 0.25) is 0 Å². The van der Waals surface area contributed by atoms with Gasteiger partial charge >= 0.3 is 0 Å². The molecule has 1 heteroatoms. The van der Waals surface area contributed by atoms with Crippen LogP contribution >= 0.6 is 0 Å². The lowest BCUT2D eigenvalue weighted by Crippen LogP contribution is -2.16. The van der Waals surface area contributed by atoms with Crippen LogP contribution in [0, 0.1) is 5.41 Å². The van der Waals surface area contributed by atoms with Crippen LogP contribution in [0.3, 0.4) is 0 Å². The van der Waals surface area contributed by atoms with Gasteiger partial charge in [-0.05, 0) is 42.7 Å². The lowest BCUT2D eigenvalue weighted by molar-refractivity contribution is 0.397. The van der Waals surface area contributed by atoms with Gasteiger partial charge in [0.25, 0.3) is 0 Å². The van der Waals surface area contributed by atoms with E-state index in [1.807, 2.05) is 0 Å². The molecule has 0 heterocycles. The zero-order valence-electron chi connectivity index (χ0n) is 8.87. The van der Waals surface area contributed by atoms with Crippen molar-refractivity contribution < 1.29 is 0 Å². The van der Waals surface area contributed by atoms with Crippen molar-refractivity contribution in [2.45, 2.75) is 32.1 Å². The van der Waals surface area contributed by atoms with E-state index >= 15 is 0 Å². The third kappa shape index (κ3) is 1.69. The summed E-state index contributed by atoms with van der Waals surface area (Å²) in [6.07, 6.45) is 3.91. The molecule has 1 aromatic rings. The monoisotopic (exact) mass is 189 g/mol. The van der Waals surface area contributed by atoms with Gasteiger partial charge in [0.15, 0.2) is 0 Å². The Morgan fingerprint density at radius 3 is 2.43 bits per heavy atom. The molecule has 1 atom stereocenters. The van der Waals surface area contributed by atoms with Crippen molar-refractivity contribution in [1.29, 1.82) is 0 Å². The fourth-order valence-corrected chi connectivity index (χ4v) is 2.44. The van der Waals surface area contributed by atoms with E-state index in [2.05, 4.69) is 37.3 Å². The standard InChI is InChI=1S/C13H19N/c1-11(12-5-3-2-4-6-12)13(7-8-13)9-10-14/h2-6,11H,7-10,14H2,1H3. The van der Waals surface area contributed by atoms with Gasteiger partial charge in [-0.25, -0.2) is 0 Å². The van der Waals surface area contributed by atoms with E-state index in [-0.39, 0.29) is 0 Å². The Kier molecular flexibility index (Phi) is 2.60. The summed E-state index contributed by atoms with van der Waals surface area (Å²) in [5.41, 5.74) is 7.68. The Morgan fingerprint density at radius 2 is 1.93 bits per heavy atom. The van der Waals surface area contributed by atoms with E-state index in [4.69, 9.17) is 5.73 Å². The predicted molar refractivity (Wildman–Crippen MR) is 60.2 cm³/mol. The van der Waals surface area contributed by atoms with E-state index in [0.29, 0.717) is 11.3 Å². The van der Waals surface area contributed by atoms with Crippen LogP contribution in [0.2, 0.25) is 0 Å². The van der Waals surface area contributed by atoms with Crippen molar-refractivity contribution in [3.63, 3.8) is 0 Å².